The first kappa shape index (κ1) is 21.1. The lowest BCUT2D eigenvalue weighted by molar-refractivity contribution is -0.148. The summed E-state index contributed by atoms with van der Waals surface area (Å²) < 4.78 is 0. The Bertz CT molecular complexity index is 501. The maximum absolute atomic E-state index is 12.3. The fraction of sp³-hybridized carbons (Fsp3) is 0.882. The molecule has 148 valence electrons. The summed E-state index contributed by atoms with van der Waals surface area (Å²) in [6, 6.07) is -0.545. The fourth-order valence-electron chi connectivity index (χ4n) is 4.49. The van der Waals surface area contributed by atoms with Gasteiger partial charge in [0.05, 0.1) is 6.04 Å². The molecule has 2 rings (SSSR count). The van der Waals surface area contributed by atoms with Gasteiger partial charge in [-0.1, -0.05) is 19.3 Å². The molecule has 26 heavy (non-hydrogen) atoms. The number of carboxylic acid groups (broad SMARTS) is 1. The maximum atomic E-state index is 12.3. The third kappa shape index (κ3) is 5.19. The number of aliphatic carboxylic acids is 1. The Morgan fingerprint density at radius 1 is 1.19 bits per heavy atom. The van der Waals surface area contributed by atoms with Crippen LogP contribution in [0.1, 0.15) is 51.4 Å². The van der Waals surface area contributed by atoms with Gasteiger partial charge in [0, 0.05) is 12.5 Å². The van der Waals surface area contributed by atoms with Gasteiger partial charge in [-0.05, 0) is 50.3 Å². The summed E-state index contributed by atoms with van der Waals surface area (Å²) in [6.07, 6.45) is 6.46. The van der Waals surface area contributed by atoms with Crippen LogP contribution in [0, 0.1) is 17.8 Å². The molecular weight excluding hydrogens is 337 g/mol. The maximum Gasteiger partial charge on any atom is 0.451 e. The highest BCUT2D eigenvalue weighted by Gasteiger charge is 2.47. The average Bonchev–Trinajstić information content (AvgIpc) is 3.12. The van der Waals surface area contributed by atoms with E-state index < -0.39 is 24.7 Å². The number of amides is 1. The number of rotatable bonds is 8. The van der Waals surface area contributed by atoms with Gasteiger partial charge in [0.25, 0.3) is 0 Å². The van der Waals surface area contributed by atoms with Gasteiger partial charge in [-0.25, -0.2) is 0 Å². The Morgan fingerprint density at radius 3 is 2.42 bits per heavy atom. The van der Waals surface area contributed by atoms with Crippen molar-refractivity contribution in [1.82, 2.24) is 5.32 Å². The lowest BCUT2D eigenvalue weighted by atomic mass is 9.66. The highest BCUT2D eigenvalue weighted by atomic mass is 16.4. The molecule has 4 atom stereocenters. The number of carbonyl (C=O) groups is 2. The smallest absolute Gasteiger partial charge is 0.451 e. The molecule has 8 nitrogen and oxygen atoms in total. The van der Waals surface area contributed by atoms with Crippen molar-refractivity contribution < 1.29 is 24.7 Å². The largest absolute Gasteiger partial charge is 0.480 e. The molecule has 0 saturated heterocycles. The standard InChI is InChI=1S/C17H32BN3O5/c19-14(12-3-1-2-4-12)15(22)21-10-13-6-5-11(7-8-18(25)26)9-17(13,20)16(23)24/h11-14,25-26H,1-10,19-20H2,(H,21,22)(H,23,24)/t11-,13-,14-,17+/m0/s1. The summed E-state index contributed by atoms with van der Waals surface area (Å²) in [6.45, 7) is 0.206. The first-order chi connectivity index (χ1) is 12.2. The lowest BCUT2D eigenvalue weighted by Gasteiger charge is -2.41. The molecule has 0 aromatic rings. The minimum Gasteiger partial charge on any atom is -0.480 e. The van der Waals surface area contributed by atoms with E-state index in [0.717, 1.165) is 32.1 Å². The Kier molecular flexibility index (Phi) is 7.46. The number of nitrogens with one attached hydrogen (secondary N) is 1. The topological polar surface area (TPSA) is 159 Å². The van der Waals surface area contributed by atoms with Crippen LogP contribution >= 0.6 is 0 Å². The second kappa shape index (κ2) is 9.17. The van der Waals surface area contributed by atoms with Crippen molar-refractivity contribution in [2.24, 2.45) is 29.2 Å². The van der Waals surface area contributed by atoms with Crippen molar-refractivity contribution in [2.45, 2.75) is 69.3 Å². The van der Waals surface area contributed by atoms with Crippen LogP contribution in [0.5, 0.6) is 0 Å². The van der Waals surface area contributed by atoms with Crippen LogP contribution in [0.4, 0.5) is 0 Å². The van der Waals surface area contributed by atoms with Gasteiger partial charge in [0.15, 0.2) is 0 Å². The second-order valence-electron chi connectivity index (χ2n) is 8.06. The molecule has 0 bridgehead atoms. The predicted octanol–water partition coefficient (Wildman–Crippen LogP) is -0.319. The van der Waals surface area contributed by atoms with Crippen LogP contribution in [0.2, 0.25) is 6.32 Å². The van der Waals surface area contributed by atoms with E-state index in [1.165, 1.54) is 0 Å². The lowest BCUT2D eigenvalue weighted by Crippen LogP contribution is -2.60. The van der Waals surface area contributed by atoms with Gasteiger partial charge >= 0.3 is 13.1 Å². The van der Waals surface area contributed by atoms with E-state index in [1.54, 1.807) is 0 Å². The van der Waals surface area contributed by atoms with Crippen molar-refractivity contribution in [1.29, 1.82) is 0 Å². The van der Waals surface area contributed by atoms with E-state index in [-0.39, 0.29) is 42.9 Å². The number of hydrogen-bond donors (Lipinski definition) is 6. The minimum atomic E-state index is -1.42. The van der Waals surface area contributed by atoms with Crippen molar-refractivity contribution in [3.63, 3.8) is 0 Å². The van der Waals surface area contributed by atoms with Crippen LogP contribution < -0.4 is 16.8 Å². The predicted molar refractivity (Wildman–Crippen MR) is 97.9 cm³/mol. The SMILES string of the molecule is N[C@H](C(=O)NC[C@@H]1CC[C@@H](CCB(O)O)C[C@]1(N)C(=O)O)C1CCCC1. The molecule has 9 heteroatoms. The van der Waals surface area contributed by atoms with Crippen LogP contribution in [0.25, 0.3) is 0 Å². The molecule has 0 aromatic carbocycles. The number of carboxylic acids is 1. The number of hydrogen-bond acceptors (Lipinski definition) is 6. The zero-order valence-electron chi connectivity index (χ0n) is 15.3. The van der Waals surface area contributed by atoms with Gasteiger partial charge in [-0.15, -0.1) is 0 Å². The number of carbonyl (C=O) groups excluding carboxylic acids is 1. The van der Waals surface area contributed by atoms with E-state index >= 15 is 0 Å². The number of nitrogens with two attached hydrogens (primary N) is 2. The normalized spacial score (nSPS) is 30.8. The van der Waals surface area contributed by atoms with Crippen LogP contribution in [0.3, 0.4) is 0 Å². The monoisotopic (exact) mass is 369 g/mol. The average molecular weight is 369 g/mol. The van der Waals surface area contributed by atoms with Gasteiger partial charge in [-0.3, -0.25) is 9.59 Å². The molecule has 1 amide bonds. The molecule has 0 heterocycles. The van der Waals surface area contributed by atoms with E-state index in [4.69, 9.17) is 21.5 Å². The zero-order valence-corrected chi connectivity index (χ0v) is 15.3. The summed E-state index contributed by atoms with van der Waals surface area (Å²) in [5.41, 5.74) is 10.8. The van der Waals surface area contributed by atoms with Crippen LogP contribution in [0.15, 0.2) is 0 Å². The molecule has 0 aliphatic heterocycles. The molecule has 2 aliphatic rings. The Balaban J connectivity index is 1.90. The first-order valence-corrected chi connectivity index (χ1v) is 9.65. The molecule has 2 saturated carbocycles. The van der Waals surface area contributed by atoms with Gasteiger partial charge < -0.3 is 31.9 Å². The van der Waals surface area contributed by atoms with Crippen LogP contribution in [-0.2, 0) is 9.59 Å². The van der Waals surface area contributed by atoms with Crippen molar-refractivity contribution in [3.05, 3.63) is 0 Å². The summed E-state index contributed by atoms with van der Waals surface area (Å²) in [5.74, 6) is -1.43. The van der Waals surface area contributed by atoms with Crippen molar-refractivity contribution in [2.75, 3.05) is 6.54 Å². The highest BCUT2D eigenvalue weighted by molar-refractivity contribution is 6.40. The third-order valence-corrected chi connectivity index (χ3v) is 6.24. The van der Waals surface area contributed by atoms with Crippen molar-refractivity contribution in [3.8, 4) is 0 Å². The molecule has 0 aromatic heterocycles. The van der Waals surface area contributed by atoms with Gasteiger partial charge in [0.2, 0.25) is 5.91 Å². The van der Waals surface area contributed by atoms with Crippen LogP contribution in [-0.4, -0.2) is 52.3 Å². The molecule has 2 aliphatic carbocycles. The minimum absolute atomic E-state index is 0.0330. The third-order valence-electron chi connectivity index (χ3n) is 6.24. The van der Waals surface area contributed by atoms with Gasteiger partial charge in [-0.2, -0.15) is 0 Å². The van der Waals surface area contributed by atoms with E-state index in [9.17, 15) is 14.7 Å². The van der Waals surface area contributed by atoms with Crippen molar-refractivity contribution >= 4 is 19.0 Å². The second-order valence-corrected chi connectivity index (χ2v) is 8.06. The Morgan fingerprint density at radius 2 is 1.85 bits per heavy atom. The van der Waals surface area contributed by atoms with E-state index in [1.807, 2.05) is 0 Å². The summed E-state index contributed by atoms with van der Waals surface area (Å²) >= 11 is 0. The quantitative estimate of drug-likeness (QED) is 0.320. The summed E-state index contributed by atoms with van der Waals surface area (Å²) in [7, 11) is -1.39. The fourth-order valence-corrected chi connectivity index (χ4v) is 4.49. The highest BCUT2D eigenvalue weighted by Crippen LogP contribution is 2.38. The Labute approximate surface area is 154 Å². The zero-order chi connectivity index (χ0) is 19.3. The van der Waals surface area contributed by atoms with E-state index in [0.29, 0.717) is 12.8 Å². The summed E-state index contributed by atoms with van der Waals surface area (Å²) in [5, 5.41) is 30.5. The van der Waals surface area contributed by atoms with E-state index in [2.05, 4.69) is 5.32 Å². The molecule has 2 fully saturated rings. The molecule has 0 unspecified atom stereocenters. The summed E-state index contributed by atoms with van der Waals surface area (Å²) in [4.78, 5) is 24.1. The molecule has 8 N–H and O–H groups in total. The molecule has 0 spiro atoms. The Hall–Kier alpha value is -1.16. The first-order valence-electron chi connectivity index (χ1n) is 9.65. The van der Waals surface area contributed by atoms with Gasteiger partial charge in [0.1, 0.15) is 5.54 Å². The molecule has 0 radical (unpaired) electrons. The molecular formula is C17H32BN3O5.